The van der Waals surface area contributed by atoms with E-state index in [0.29, 0.717) is 34.8 Å². The van der Waals surface area contributed by atoms with Gasteiger partial charge in [-0.25, -0.2) is 9.37 Å². The Morgan fingerprint density at radius 1 is 1.10 bits per heavy atom. The molecule has 158 valence electrons. The Hall–Kier alpha value is -3.25. The van der Waals surface area contributed by atoms with Gasteiger partial charge in [0.15, 0.2) is 0 Å². The SMILES string of the molecule is O=C(Nc1ccc(Oc2ccc(F)cc2)nc1)c1cccc([C@@H]2C[C@H]2NCC2CC2)c1. The smallest absolute Gasteiger partial charge is 0.255 e. The summed E-state index contributed by atoms with van der Waals surface area (Å²) in [5.74, 6) is 1.74. The van der Waals surface area contributed by atoms with Crippen molar-refractivity contribution in [2.45, 2.75) is 31.2 Å². The van der Waals surface area contributed by atoms with Gasteiger partial charge in [-0.1, -0.05) is 12.1 Å². The van der Waals surface area contributed by atoms with Crippen LogP contribution in [0.2, 0.25) is 0 Å². The Balaban J connectivity index is 1.17. The van der Waals surface area contributed by atoms with E-state index in [2.05, 4.69) is 21.7 Å². The van der Waals surface area contributed by atoms with Gasteiger partial charge in [0.25, 0.3) is 5.91 Å². The van der Waals surface area contributed by atoms with Crippen molar-refractivity contribution >= 4 is 11.6 Å². The van der Waals surface area contributed by atoms with Gasteiger partial charge in [0, 0.05) is 23.6 Å². The number of ether oxygens (including phenoxy) is 1. The van der Waals surface area contributed by atoms with Gasteiger partial charge >= 0.3 is 0 Å². The fourth-order valence-electron chi connectivity index (χ4n) is 3.68. The van der Waals surface area contributed by atoms with Gasteiger partial charge in [-0.15, -0.1) is 0 Å². The summed E-state index contributed by atoms with van der Waals surface area (Å²) in [6.45, 7) is 1.12. The van der Waals surface area contributed by atoms with Crippen LogP contribution in [0.25, 0.3) is 0 Å². The molecule has 5 rings (SSSR count). The van der Waals surface area contributed by atoms with Crippen LogP contribution in [0.5, 0.6) is 11.6 Å². The first-order valence-corrected chi connectivity index (χ1v) is 10.7. The molecule has 0 bridgehead atoms. The topological polar surface area (TPSA) is 63.2 Å². The number of hydrogen-bond donors (Lipinski definition) is 2. The highest BCUT2D eigenvalue weighted by Gasteiger charge is 2.39. The Labute approximate surface area is 180 Å². The maximum Gasteiger partial charge on any atom is 0.255 e. The number of rotatable bonds is 8. The Morgan fingerprint density at radius 2 is 1.94 bits per heavy atom. The summed E-state index contributed by atoms with van der Waals surface area (Å²) in [4.78, 5) is 16.9. The summed E-state index contributed by atoms with van der Waals surface area (Å²) in [5, 5.41) is 6.52. The first-order chi connectivity index (χ1) is 15.1. The molecule has 6 heteroatoms. The lowest BCUT2D eigenvalue weighted by Gasteiger charge is -2.09. The summed E-state index contributed by atoms with van der Waals surface area (Å²) in [6, 6.07) is 17.5. The van der Waals surface area contributed by atoms with Gasteiger partial charge < -0.3 is 15.4 Å². The molecule has 0 radical (unpaired) electrons. The van der Waals surface area contributed by atoms with Crippen molar-refractivity contribution in [3.05, 3.63) is 83.8 Å². The quantitative estimate of drug-likeness (QED) is 0.534. The van der Waals surface area contributed by atoms with E-state index in [1.165, 1.54) is 42.7 Å². The van der Waals surface area contributed by atoms with Crippen LogP contribution >= 0.6 is 0 Å². The van der Waals surface area contributed by atoms with Gasteiger partial charge in [0.1, 0.15) is 11.6 Å². The van der Waals surface area contributed by atoms with Crippen molar-refractivity contribution in [2.24, 2.45) is 5.92 Å². The number of nitrogens with zero attached hydrogens (tertiary/aromatic N) is 1. The number of nitrogens with one attached hydrogen (secondary N) is 2. The molecule has 2 aromatic carbocycles. The van der Waals surface area contributed by atoms with Crippen LogP contribution in [0.3, 0.4) is 0 Å². The fraction of sp³-hybridized carbons (Fsp3) is 0.280. The van der Waals surface area contributed by atoms with Gasteiger partial charge in [0.2, 0.25) is 5.88 Å². The van der Waals surface area contributed by atoms with E-state index in [-0.39, 0.29) is 11.7 Å². The number of pyridine rings is 1. The summed E-state index contributed by atoms with van der Waals surface area (Å²) in [5.41, 5.74) is 2.43. The van der Waals surface area contributed by atoms with E-state index in [4.69, 9.17) is 4.74 Å². The molecule has 2 aliphatic carbocycles. The molecule has 0 spiro atoms. The molecule has 2 saturated carbocycles. The molecule has 5 nitrogen and oxygen atoms in total. The largest absolute Gasteiger partial charge is 0.439 e. The summed E-state index contributed by atoms with van der Waals surface area (Å²) in [6.07, 6.45) is 5.39. The molecule has 2 fully saturated rings. The van der Waals surface area contributed by atoms with Crippen LogP contribution in [0.4, 0.5) is 10.1 Å². The molecule has 3 aromatic rings. The lowest BCUT2D eigenvalue weighted by atomic mass is 10.1. The Kier molecular flexibility index (Phi) is 5.38. The van der Waals surface area contributed by atoms with Crippen LogP contribution in [0, 0.1) is 11.7 Å². The zero-order valence-electron chi connectivity index (χ0n) is 17.1. The maximum atomic E-state index is 13.0. The van der Waals surface area contributed by atoms with E-state index in [0.717, 1.165) is 18.9 Å². The maximum absolute atomic E-state index is 13.0. The number of aromatic nitrogens is 1. The lowest BCUT2D eigenvalue weighted by Crippen LogP contribution is -2.20. The van der Waals surface area contributed by atoms with E-state index in [9.17, 15) is 9.18 Å². The molecule has 0 saturated heterocycles. The molecule has 1 heterocycles. The number of benzene rings is 2. The minimum Gasteiger partial charge on any atom is -0.439 e. The second-order valence-corrected chi connectivity index (χ2v) is 8.32. The van der Waals surface area contributed by atoms with Crippen LogP contribution < -0.4 is 15.4 Å². The molecule has 0 aliphatic heterocycles. The normalized spacial score (nSPS) is 19.6. The molecule has 2 N–H and O–H groups in total. The number of carbonyl (C=O) groups is 1. The highest BCUT2D eigenvalue weighted by Crippen LogP contribution is 2.41. The van der Waals surface area contributed by atoms with Crippen molar-refractivity contribution in [3.63, 3.8) is 0 Å². The Bertz CT molecular complexity index is 1060. The predicted molar refractivity (Wildman–Crippen MR) is 117 cm³/mol. The van der Waals surface area contributed by atoms with E-state index in [1.54, 1.807) is 18.3 Å². The van der Waals surface area contributed by atoms with Gasteiger partial charge in [-0.2, -0.15) is 0 Å². The molecule has 1 amide bonds. The minimum absolute atomic E-state index is 0.168. The van der Waals surface area contributed by atoms with Crippen LogP contribution in [-0.4, -0.2) is 23.5 Å². The minimum atomic E-state index is -0.325. The van der Waals surface area contributed by atoms with E-state index < -0.39 is 0 Å². The predicted octanol–water partition coefficient (Wildman–Crippen LogP) is 5.12. The summed E-state index contributed by atoms with van der Waals surface area (Å²) < 4.78 is 18.6. The second-order valence-electron chi connectivity index (χ2n) is 8.32. The molecular formula is C25H24FN3O2. The van der Waals surface area contributed by atoms with Gasteiger partial charge in [0.05, 0.1) is 11.9 Å². The van der Waals surface area contributed by atoms with Crippen LogP contribution in [0.15, 0.2) is 66.9 Å². The zero-order valence-corrected chi connectivity index (χ0v) is 17.1. The third-order valence-corrected chi connectivity index (χ3v) is 5.76. The van der Waals surface area contributed by atoms with Gasteiger partial charge in [-0.05, 0) is 79.8 Å². The van der Waals surface area contributed by atoms with E-state index in [1.807, 2.05) is 18.2 Å². The summed E-state index contributed by atoms with van der Waals surface area (Å²) >= 11 is 0. The fourth-order valence-corrected chi connectivity index (χ4v) is 3.68. The van der Waals surface area contributed by atoms with Gasteiger partial charge in [-0.3, -0.25) is 4.79 Å². The number of halogens is 1. The zero-order chi connectivity index (χ0) is 21.2. The van der Waals surface area contributed by atoms with Crippen molar-refractivity contribution in [1.82, 2.24) is 10.3 Å². The molecule has 0 unspecified atom stereocenters. The third kappa shape index (κ3) is 5.09. The number of hydrogen-bond acceptors (Lipinski definition) is 4. The average molecular weight is 417 g/mol. The van der Waals surface area contributed by atoms with E-state index >= 15 is 0 Å². The highest BCUT2D eigenvalue weighted by atomic mass is 19.1. The number of amides is 1. The van der Waals surface area contributed by atoms with Crippen molar-refractivity contribution in [3.8, 4) is 11.6 Å². The average Bonchev–Trinajstić information content (AvgIpc) is 3.70. The molecule has 2 aliphatic rings. The Morgan fingerprint density at radius 3 is 2.68 bits per heavy atom. The first kappa shape index (κ1) is 19.7. The standard InChI is InChI=1S/C25H24FN3O2/c26-19-6-9-21(10-7-19)31-24-11-8-20(15-28-24)29-25(30)18-3-1-2-17(12-18)22-13-23(22)27-14-16-4-5-16/h1-3,6-12,15-16,22-23,27H,4-5,13-14H2,(H,29,30)/t22-,23+/m0/s1. The molecule has 1 aromatic heterocycles. The monoisotopic (exact) mass is 417 g/mol. The van der Waals surface area contributed by atoms with Crippen molar-refractivity contribution in [1.29, 1.82) is 0 Å². The first-order valence-electron chi connectivity index (χ1n) is 10.7. The second kappa shape index (κ2) is 8.47. The highest BCUT2D eigenvalue weighted by molar-refractivity contribution is 6.04. The molecule has 31 heavy (non-hydrogen) atoms. The number of carbonyl (C=O) groups excluding carboxylic acids is 1. The van der Waals surface area contributed by atoms with Crippen LogP contribution in [-0.2, 0) is 0 Å². The van der Waals surface area contributed by atoms with Crippen LogP contribution in [0.1, 0.15) is 41.1 Å². The molecule has 2 atom stereocenters. The lowest BCUT2D eigenvalue weighted by molar-refractivity contribution is 0.102. The third-order valence-electron chi connectivity index (χ3n) is 5.76. The van der Waals surface area contributed by atoms with Crippen molar-refractivity contribution in [2.75, 3.05) is 11.9 Å². The summed E-state index contributed by atoms with van der Waals surface area (Å²) in [7, 11) is 0. The molecular weight excluding hydrogens is 393 g/mol. The number of anilines is 1. The van der Waals surface area contributed by atoms with Crippen molar-refractivity contribution < 1.29 is 13.9 Å².